The van der Waals surface area contributed by atoms with Crippen molar-refractivity contribution in [3.05, 3.63) is 47.7 Å². The highest BCUT2D eigenvalue weighted by Gasteiger charge is 2.15. The van der Waals surface area contributed by atoms with Gasteiger partial charge in [-0.15, -0.1) is 0 Å². The molecule has 5 nitrogen and oxygen atoms in total. The molecule has 0 spiro atoms. The van der Waals surface area contributed by atoms with Crippen molar-refractivity contribution < 1.29 is 4.79 Å². The topological polar surface area (TPSA) is 72.9 Å². The minimum Gasteiger partial charge on any atom is -0.382 e. The summed E-state index contributed by atoms with van der Waals surface area (Å²) in [4.78, 5) is 12.0. The van der Waals surface area contributed by atoms with Gasteiger partial charge in [0.2, 0.25) is 0 Å². The van der Waals surface area contributed by atoms with Crippen LogP contribution in [0.15, 0.2) is 36.4 Å². The third kappa shape index (κ3) is 2.51. The number of nitrogen functional groups attached to an aromatic ring is 1. The van der Waals surface area contributed by atoms with Crippen LogP contribution >= 0.6 is 0 Å². The van der Waals surface area contributed by atoms with Crippen molar-refractivity contribution in [1.29, 1.82) is 0 Å². The van der Waals surface area contributed by atoms with Crippen LogP contribution in [0.2, 0.25) is 0 Å². The number of amides is 1. The van der Waals surface area contributed by atoms with E-state index in [1.807, 2.05) is 37.3 Å². The first-order chi connectivity index (χ1) is 8.58. The lowest BCUT2D eigenvalue weighted by molar-refractivity contribution is 0.0930. The van der Waals surface area contributed by atoms with Gasteiger partial charge in [-0.1, -0.05) is 30.3 Å². The molecular formula is C13H16N4O. The van der Waals surface area contributed by atoms with Crippen LogP contribution in [-0.2, 0) is 7.05 Å². The Morgan fingerprint density at radius 3 is 2.61 bits per heavy atom. The van der Waals surface area contributed by atoms with E-state index in [2.05, 4.69) is 10.4 Å². The normalized spacial score (nSPS) is 12.1. The molecule has 5 heteroatoms. The van der Waals surface area contributed by atoms with Crippen molar-refractivity contribution >= 4 is 11.7 Å². The van der Waals surface area contributed by atoms with Gasteiger partial charge >= 0.3 is 0 Å². The first kappa shape index (κ1) is 12.2. The average molecular weight is 244 g/mol. The van der Waals surface area contributed by atoms with Crippen LogP contribution < -0.4 is 11.1 Å². The summed E-state index contributed by atoms with van der Waals surface area (Å²) in [5.74, 6) is 0.160. The van der Waals surface area contributed by atoms with Gasteiger partial charge in [-0.2, -0.15) is 5.10 Å². The Kier molecular flexibility index (Phi) is 3.32. The Bertz CT molecular complexity index is 547. The van der Waals surface area contributed by atoms with Gasteiger partial charge in [0.25, 0.3) is 5.91 Å². The zero-order valence-corrected chi connectivity index (χ0v) is 10.4. The Labute approximate surface area is 106 Å². The number of nitrogens with one attached hydrogen (secondary N) is 1. The maximum Gasteiger partial charge on any atom is 0.270 e. The van der Waals surface area contributed by atoms with Crippen LogP contribution in [-0.4, -0.2) is 15.7 Å². The number of benzene rings is 1. The van der Waals surface area contributed by atoms with Crippen molar-refractivity contribution in [2.45, 2.75) is 13.0 Å². The molecule has 1 amide bonds. The maximum absolute atomic E-state index is 12.0. The van der Waals surface area contributed by atoms with Gasteiger partial charge in [-0.3, -0.25) is 9.48 Å². The van der Waals surface area contributed by atoms with E-state index in [9.17, 15) is 4.79 Å². The zero-order chi connectivity index (χ0) is 13.1. The predicted octanol–water partition coefficient (Wildman–Crippen LogP) is 1.49. The molecule has 18 heavy (non-hydrogen) atoms. The largest absolute Gasteiger partial charge is 0.382 e. The van der Waals surface area contributed by atoms with E-state index in [1.165, 1.54) is 4.68 Å². The van der Waals surface area contributed by atoms with E-state index in [1.54, 1.807) is 13.1 Å². The molecule has 3 N–H and O–H groups in total. The van der Waals surface area contributed by atoms with Crippen molar-refractivity contribution in [3.63, 3.8) is 0 Å². The third-order valence-electron chi connectivity index (χ3n) is 2.78. The maximum atomic E-state index is 12.0. The number of nitrogens with two attached hydrogens (primary N) is 1. The molecule has 2 rings (SSSR count). The van der Waals surface area contributed by atoms with E-state index < -0.39 is 0 Å². The van der Waals surface area contributed by atoms with Gasteiger partial charge in [-0.25, -0.2) is 0 Å². The molecule has 2 aromatic rings. The molecule has 0 aliphatic rings. The highest BCUT2D eigenvalue weighted by atomic mass is 16.2. The molecule has 0 bridgehead atoms. The van der Waals surface area contributed by atoms with E-state index in [4.69, 9.17) is 5.73 Å². The van der Waals surface area contributed by atoms with E-state index in [-0.39, 0.29) is 11.9 Å². The number of hydrogen-bond donors (Lipinski definition) is 2. The molecule has 1 atom stereocenters. The first-order valence-corrected chi connectivity index (χ1v) is 5.73. The number of aromatic nitrogens is 2. The van der Waals surface area contributed by atoms with Crippen LogP contribution in [0.25, 0.3) is 0 Å². The molecule has 0 saturated heterocycles. The number of hydrogen-bond acceptors (Lipinski definition) is 3. The van der Waals surface area contributed by atoms with Crippen LogP contribution in [0.5, 0.6) is 0 Å². The van der Waals surface area contributed by atoms with E-state index in [0.29, 0.717) is 11.5 Å². The third-order valence-corrected chi connectivity index (χ3v) is 2.78. The predicted molar refractivity (Wildman–Crippen MR) is 69.9 cm³/mol. The molecule has 1 aromatic heterocycles. The molecule has 1 heterocycles. The van der Waals surface area contributed by atoms with Crippen molar-refractivity contribution in [3.8, 4) is 0 Å². The second-order valence-corrected chi connectivity index (χ2v) is 4.18. The summed E-state index contributed by atoms with van der Waals surface area (Å²) < 4.78 is 1.47. The lowest BCUT2D eigenvalue weighted by Crippen LogP contribution is -2.28. The number of aryl methyl sites for hydroxylation is 1. The van der Waals surface area contributed by atoms with Gasteiger partial charge in [0.1, 0.15) is 11.5 Å². The summed E-state index contributed by atoms with van der Waals surface area (Å²) in [6.45, 7) is 1.94. The monoisotopic (exact) mass is 244 g/mol. The number of carbonyl (C=O) groups excluding carboxylic acids is 1. The molecule has 0 radical (unpaired) electrons. The molecule has 0 fully saturated rings. The van der Waals surface area contributed by atoms with Crippen LogP contribution in [0.4, 0.5) is 5.82 Å². The average Bonchev–Trinajstić information content (AvgIpc) is 2.69. The van der Waals surface area contributed by atoms with Gasteiger partial charge in [-0.05, 0) is 12.5 Å². The number of anilines is 1. The highest BCUT2D eigenvalue weighted by molar-refractivity contribution is 5.93. The van der Waals surface area contributed by atoms with Crippen LogP contribution in [0, 0.1) is 0 Å². The fraction of sp³-hybridized carbons (Fsp3) is 0.231. The lowest BCUT2D eigenvalue weighted by Gasteiger charge is -2.14. The molecule has 94 valence electrons. The van der Waals surface area contributed by atoms with E-state index >= 15 is 0 Å². The lowest BCUT2D eigenvalue weighted by atomic mass is 10.1. The highest BCUT2D eigenvalue weighted by Crippen LogP contribution is 2.12. The molecule has 0 aliphatic carbocycles. The molecular weight excluding hydrogens is 228 g/mol. The zero-order valence-electron chi connectivity index (χ0n) is 10.4. The number of nitrogens with zero attached hydrogens (tertiary/aromatic N) is 2. The first-order valence-electron chi connectivity index (χ1n) is 5.73. The summed E-state index contributed by atoms with van der Waals surface area (Å²) in [7, 11) is 1.69. The Hall–Kier alpha value is -2.30. The van der Waals surface area contributed by atoms with Crippen LogP contribution in [0.3, 0.4) is 0 Å². The second kappa shape index (κ2) is 4.91. The van der Waals surface area contributed by atoms with Crippen molar-refractivity contribution in [1.82, 2.24) is 15.1 Å². The quantitative estimate of drug-likeness (QED) is 0.859. The second-order valence-electron chi connectivity index (χ2n) is 4.18. The van der Waals surface area contributed by atoms with Crippen LogP contribution in [0.1, 0.15) is 29.0 Å². The fourth-order valence-corrected chi connectivity index (χ4v) is 1.80. The standard InChI is InChI=1S/C13H16N4O/c1-9(10-6-4-3-5-7-10)15-13(18)11-8-12(14)16-17(11)2/h3-9H,1-2H3,(H2,14,16)(H,15,18)/t9-/m0/s1. The van der Waals surface area contributed by atoms with E-state index in [0.717, 1.165) is 5.56 Å². The Balaban J connectivity index is 2.10. The molecule has 1 aromatic carbocycles. The van der Waals surface area contributed by atoms with Gasteiger partial charge in [0, 0.05) is 13.1 Å². The van der Waals surface area contributed by atoms with Crippen molar-refractivity contribution in [2.75, 3.05) is 5.73 Å². The Morgan fingerprint density at radius 2 is 2.06 bits per heavy atom. The fourth-order valence-electron chi connectivity index (χ4n) is 1.80. The van der Waals surface area contributed by atoms with Gasteiger partial charge < -0.3 is 11.1 Å². The summed E-state index contributed by atoms with van der Waals surface area (Å²) in [5, 5.41) is 6.86. The molecule has 0 unspecified atom stereocenters. The summed E-state index contributed by atoms with van der Waals surface area (Å²) >= 11 is 0. The Morgan fingerprint density at radius 1 is 1.39 bits per heavy atom. The summed E-state index contributed by atoms with van der Waals surface area (Å²) in [6.07, 6.45) is 0. The summed E-state index contributed by atoms with van der Waals surface area (Å²) in [6, 6.07) is 11.3. The molecule has 0 aliphatic heterocycles. The smallest absolute Gasteiger partial charge is 0.270 e. The minimum absolute atomic E-state index is 0.0603. The minimum atomic E-state index is -0.182. The SMILES string of the molecule is C[C@H](NC(=O)c1cc(N)nn1C)c1ccccc1. The van der Waals surface area contributed by atoms with Gasteiger partial charge in [0.05, 0.1) is 6.04 Å². The van der Waals surface area contributed by atoms with Gasteiger partial charge in [0.15, 0.2) is 0 Å². The van der Waals surface area contributed by atoms with Crippen molar-refractivity contribution in [2.24, 2.45) is 7.05 Å². The summed E-state index contributed by atoms with van der Waals surface area (Å²) in [5.41, 5.74) is 7.06. The number of rotatable bonds is 3. The molecule has 0 saturated carbocycles. The number of carbonyl (C=O) groups is 1.